The zero-order chi connectivity index (χ0) is 17.5. The molecular weight excluding hydrogens is 326 g/mol. The predicted octanol–water partition coefficient (Wildman–Crippen LogP) is 1.16. The average Bonchev–Trinajstić information content (AvgIpc) is 3.32. The number of aliphatic carboxylic acids is 1. The number of fused-ring (bicyclic) bond motifs is 2. The first kappa shape index (κ1) is 14.9. The fourth-order valence-electron chi connectivity index (χ4n) is 5.25. The van der Waals surface area contributed by atoms with Crippen molar-refractivity contribution in [2.24, 2.45) is 17.8 Å². The van der Waals surface area contributed by atoms with Crippen LogP contribution in [0.1, 0.15) is 25.1 Å². The van der Waals surface area contributed by atoms with Gasteiger partial charge in [0.25, 0.3) is 0 Å². The van der Waals surface area contributed by atoms with E-state index in [0.29, 0.717) is 5.76 Å². The number of carbonyl (C=O) groups is 3. The van der Waals surface area contributed by atoms with E-state index in [4.69, 9.17) is 9.15 Å². The van der Waals surface area contributed by atoms with Gasteiger partial charge in [0.05, 0.1) is 30.4 Å². The largest absolute Gasteiger partial charge is 0.481 e. The van der Waals surface area contributed by atoms with Crippen molar-refractivity contribution >= 4 is 17.7 Å². The van der Waals surface area contributed by atoms with Crippen LogP contribution < -0.4 is 0 Å². The quantitative estimate of drug-likeness (QED) is 0.810. The normalized spacial score (nSPS) is 44.3. The topological polar surface area (TPSA) is 97.1 Å². The van der Waals surface area contributed by atoms with Gasteiger partial charge in [0.1, 0.15) is 23.1 Å². The summed E-state index contributed by atoms with van der Waals surface area (Å²) >= 11 is 0. The number of carbonyl (C=O) groups excluding carboxylic acids is 2. The number of rotatable bonds is 2. The number of Topliss-reactive ketones (excluding diaryl/α,β-unsaturated/α-hetero) is 1. The molecule has 5 rings (SSSR count). The Bertz CT molecular complexity index is 814. The van der Waals surface area contributed by atoms with Gasteiger partial charge in [0.15, 0.2) is 0 Å². The number of carboxylic acid groups (broad SMARTS) is 1. The number of piperidine rings is 1. The van der Waals surface area contributed by atoms with Crippen LogP contribution in [0.25, 0.3) is 0 Å². The fourth-order valence-corrected chi connectivity index (χ4v) is 5.25. The van der Waals surface area contributed by atoms with Gasteiger partial charge in [-0.1, -0.05) is 19.1 Å². The van der Waals surface area contributed by atoms with E-state index in [9.17, 15) is 19.5 Å². The maximum atomic E-state index is 13.3. The highest BCUT2D eigenvalue weighted by Crippen LogP contribution is 2.59. The van der Waals surface area contributed by atoms with E-state index >= 15 is 0 Å². The third-order valence-corrected chi connectivity index (χ3v) is 6.24. The van der Waals surface area contributed by atoms with Crippen LogP contribution in [0.4, 0.5) is 0 Å². The zero-order valence-electron chi connectivity index (χ0n) is 13.5. The summed E-state index contributed by atoms with van der Waals surface area (Å²) in [6.45, 7) is 1.79. The molecule has 130 valence electrons. The predicted molar refractivity (Wildman–Crippen MR) is 82.2 cm³/mol. The van der Waals surface area contributed by atoms with Gasteiger partial charge >= 0.3 is 5.97 Å². The molecule has 25 heavy (non-hydrogen) atoms. The van der Waals surface area contributed by atoms with Crippen molar-refractivity contribution in [2.45, 2.75) is 37.1 Å². The zero-order valence-corrected chi connectivity index (χ0v) is 13.5. The molecule has 1 amide bonds. The number of ketones is 1. The maximum Gasteiger partial charge on any atom is 0.310 e. The highest BCUT2D eigenvalue weighted by atomic mass is 16.5. The summed E-state index contributed by atoms with van der Waals surface area (Å²) in [6.07, 6.45) is 4.59. The molecule has 0 unspecified atom stereocenters. The molecule has 1 aromatic heterocycles. The molecule has 4 aliphatic rings. The van der Waals surface area contributed by atoms with Gasteiger partial charge in [0.2, 0.25) is 5.91 Å². The Morgan fingerprint density at radius 3 is 2.88 bits per heavy atom. The summed E-state index contributed by atoms with van der Waals surface area (Å²) in [5.41, 5.74) is -1.04. The minimum absolute atomic E-state index is 0.0321. The van der Waals surface area contributed by atoms with Crippen LogP contribution in [-0.4, -0.2) is 45.4 Å². The van der Waals surface area contributed by atoms with Gasteiger partial charge in [-0.25, -0.2) is 0 Å². The molecular formula is C18H17NO6. The molecule has 0 aromatic carbocycles. The van der Waals surface area contributed by atoms with E-state index in [-0.39, 0.29) is 18.1 Å². The van der Waals surface area contributed by atoms with Crippen LogP contribution in [0.2, 0.25) is 0 Å². The van der Waals surface area contributed by atoms with E-state index in [1.54, 1.807) is 36.1 Å². The van der Waals surface area contributed by atoms with E-state index in [0.717, 1.165) is 0 Å². The summed E-state index contributed by atoms with van der Waals surface area (Å²) in [6, 6.07) is 2.44. The van der Waals surface area contributed by atoms with Crippen molar-refractivity contribution in [1.29, 1.82) is 0 Å². The number of amides is 1. The molecule has 5 heterocycles. The lowest BCUT2D eigenvalue weighted by atomic mass is 9.71. The van der Waals surface area contributed by atoms with Crippen LogP contribution in [0, 0.1) is 17.8 Å². The Morgan fingerprint density at radius 2 is 2.20 bits per heavy atom. The number of hydrogen-bond acceptors (Lipinski definition) is 5. The molecule has 1 N–H and O–H groups in total. The molecule has 7 heteroatoms. The van der Waals surface area contributed by atoms with E-state index in [2.05, 4.69) is 0 Å². The molecule has 0 saturated carbocycles. The summed E-state index contributed by atoms with van der Waals surface area (Å²) in [7, 11) is 0. The first-order valence-electron chi connectivity index (χ1n) is 8.44. The Balaban J connectivity index is 1.67. The minimum atomic E-state index is -1.04. The van der Waals surface area contributed by atoms with Crippen LogP contribution in [0.15, 0.2) is 35.0 Å². The summed E-state index contributed by atoms with van der Waals surface area (Å²) in [5, 5.41) is 9.63. The van der Waals surface area contributed by atoms with Gasteiger partial charge in [-0.3, -0.25) is 14.4 Å². The monoisotopic (exact) mass is 343 g/mol. The Kier molecular flexibility index (Phi) is 2.74. The molecule has 7 atom stereocenters. The lowest BCUT2D eigenvalue weighted by Gasteiger charge is -2.43. The van der Waals surface area contributed by atoms with Crippen molar-refractivity contribution in [2.75, 3.05) is 0 Å². The molecule has 7 nitrogen and oxygen atoms in total. The number of hydrogen-bond donors (Lipinski definition) is 1. The smallest absolute Gasteiger partial charge is 0.310 e. The molecule has 4 aliphatic heterocycles. The van der Waals surface area contributed by atoms with Crippen molar-refractivity contribution in [3.63, 3.8) is 0 Å². The number of furan rings is 1. The molecule has 0 aliphatic carbocycles. The van der Waals surface area contributed by atoms with Crippen molar-refractivity contribution < 1.29 is 28.6 Å². The standard InChI is InChI=1S/C18H17NO6/c1-8-10(20)7-9(11-3-2-6-24-11)19-15(8)18-5-4-12(25-18)13(17(22)23)14(18)16(19)21/h2-6,8-9,12-15H,7H2,1H3,(H,22,23)/t8-,9-,12-,13-,14+,15+,18+/m1/s1. The van der Waals surface area contributed by atoms with Crippen LogP contribution in [-0.2, 0) is 19.1 Å². The Hall–Kier alpha value is -2.41. The van der Waals surface area contributed by atoms with Gasteiger partial charge in [0, 0.05) is 12.3 Å². The molecule has 3 fully saturated rings. The lowest BCUT2D eigenvalue weighted by Crippen LogP contribution is -2.55. The van der Waals surface area contributed by atoms with Crippen molar-refractivity contribution in [1.82, 2.24) is 4.90 Å². The summed E-state index contributed by atoms with van der Waals surface area (Å²) in [4.78, 5) is 39.3. The fraction of sp³-hybridized carbons (Fsp3) is 0.500. The SMILES string of the molecule is C[C@@H]1C(=O)C[C@H](c2ccco2)N2C(=O)[C@@H]3[C@H](C(=O)O)[C@H]4C=C[C@@]3(O4)[C@H]12. The second kappa shape index (κ2) is 4.60. The minimum Gasteiger partial charge on any atom is -0.481 e. The molecule has 1 spiro atoms. The third-order valence-electron chi connectivity index (χ3n) is 6.24. The lowest BCUT2D eigenvalue weighted by molar-refractivity contribution is -0.152. The van der Waals surface area contributed by atoms with Crippen LogP contribution in [0.3, 0.4) is 0 Å². The number of nitrogens with zero attached hydrogens (tertiary/aromatic N) is 1. The van der Waals surface area contributed by atoms with Crippen LogP contribution in [0.5, 0.6) is 0 Å². The first-order chi connectivity index (χ1) is 12.0. The summed E-state index contributed by atoms with van der Waals surface area (Å²) in [5.74, 6) is -2.85. The van der Waals surface area contributed by atoms with Gasteiger partial charge in [-0.05, 0) is 12.1 Å². The van der Waals surface area contributed by atoms with Crippen molar-refractivity contribution in [3.8, 4) is 0 Å². The van der Waals surface area contributed by atoms with Gasteiger partial charge in [-0.2, -0.15) is 0 Å². The average molecular weight is 343 g/mol. The summed E-state index contributed by atoms with van der Waals surface area (Å²) < 4.78 is 11.5. The molecule has 2 bridgehead atoms. The molecule has 1 aromatic rings. The van der Waals surface area contributed by atoms with Crippen molar-refractivity contribution in [3.05, 3.63) is 36.3 Å². The number of ether oxygens (including phenoxy) is 1. The van der Waals surface area contributed by atoms with Crippen LogP contribution >= 0.6 is 0 Å². The Morgan fingerprint density at radius 1 is 1.40 bits per heavy atom. The molecule has 0 radical (unpaired) electrons. The van der Waals surface area contributed by atoms with E-state index < -0.39 is 47.5 Å². The highest BCUT2D eigenvalue weighted by molar-refractivity contribution is 5.95. The second-order valence-electron chi connectivity index (χ2n) is 7.32. The molecule has 3 saturated heterocycles. The first-order valence-corrected chi connectivity index (χ1v) is 8.44. The van der Waals surface area contributed by atoms with E-state index in [1.165, 1.54) is 6.26 Å². The number of carboxylic acids is 1. The highest BCUT2D eigenvalue weighted by Gasteiger charge is 2.74. The Labute approximate surface area is 143 Å². The van der Waals surface area contributed by atoms with Gasteiger partial charge < -0.3 is 19.2 Å². The maximum absolute atomic E-state index is 13.3. The van der Waals surface area contributed by atoms with E-state index in [1.807, 2.05) is 0 Å². The van der Waals surface area contributed by atoms with Gasteiger partial charge in [-0.15, -0.1) is 0 Å². The second-order valence-corrected chi connectivity index (χ2v) is 7.32. The third kappa shape index (κ3) is 1.62.